The summed E-state index contributed by atoms with van der Waals surface area (Å²) >= 11 is 1.44. The molecule has 1 fully saturated rings. The van der Waals surface area contributed by atoms with E-state index in [2.05, 4.69) is 9.97 Å². The molecule has 1 aliphatic heterocycles. The fourth-order valence-corrected chi connectivity index (χ4v) is 4.84. The van der Waals surface area contributed by atoms with Crippen LogP contribution in [0.1, 0.15) is 55.4 Å². The van der Waals surface area contributed by atoms with Gasteiger partial charge in [0.25, 0.3) is 11.8 Å². The number of nitrogens with one attached hydrogen (secondary N) is 1. The summed E-state index contributed by atoms with van der Waals surface area (Å²) in [6.07, 6.45) is 1.52. The first kappa shape index (κ1) is 21.0. The molecule has 1 aromatic carbocycles. The topological polar surface area (TPSA) is 114 Å². The van der Waals surface area contributed by atoms with Gasteiger partial charge in [0.2, 0.25) is 0 Å². The SMILES string of the molecule is COc1ccc(-c2nc(C3CCN(C(=O)c4sc(C)nc4C)CC3)[nH]c2C(N)=O)cc1. The van der Waals surface area contributed by atoms with Crippen LogP contribution < -0.4 is 10.5 Å². The first-order valence-corrected chi connectivity index (χ1v) is 11.0. The summed E-state index contributed by atoms with van der Waals surface area (Å²) in [4.78, 5) is 39.7. The molecule has 162 valence electrons. The minimum absolute atomic E-state index is 0.0396. The van der Waals surface area contributed by atoms with E-state index in [9.17, 15) is 9.59 Å². The van der Waals surface area contributed by atoms with Crippen molar-refractivity contribution in [2.45, 2.75) is 32.6 Å². The molecule has 0 saturated carbocycles. The lowest BCUT2D eigenvalue weighted by Gasteiger charge is -2.31. The Morgan fingerprint density at radius 2 is 1.84 bits per heavy atom. The number of aromatic nitrogens is 3. The Hall–Kier alpha value is -3.20. The average molecular weight is 440 g/mol. The number of imidazole rings is 1. The molecule has 31 heavy (non-hydrogen) atoms. The van der Waals surface area contributed by atoms with Gasteiger partial charge in [0.15, 0.2) is 0 Å². The average Bonchev–Trinajstić information content (AvgIpc) is 3.37. The van der Waals surface area contributed by atoms with Gasteiger partial charge in [-0.15, -0.1) is 11.3 Å². The Kier molecular flexibility index (Phi) is 5.77. The van der Waals surface area contributed by atoms with Crippen LogP contribution in [0.3, 0.4) is 0 Å². The second-order valence-corrected chi connectivity index (χ2v) is 8.86. The number of hydrogen-bond donors (Lipinski definition) is 2. The summed E-state index contributed by atoms with van der Waals surface area (Å²) in [5, 5.41) is 0.899. The molecule has 8 nitrogen and oxygen atoms in total. The van der Waals surface area contributed by atoms with Crippen molar-refractivity contribution in [3.63, 3.8) is 0 Å². The number of piperidine rings is 1. The number of likely N-dealkylation sites (tertiary alicyclic amines) is 1. The van der Waals surface area contributed by atoms with Crippen molar-refractivity contribution < 1.29 is 14.3 Å². The summed E-state index contributed by atoms with van der Waals surface area (Å²) in [5.74, 6) is 1.07. The zero-order valence-electron chi connectivity index (χ0n) is 17.8. The zero-order valence-corrected chi connectivity index (χ0v) is 18.6. The molecule has 1 saturated heterocycles. The maximum absolute atomic E-state index is 12.9. The quantitative estimate of drug-likeness (QED) is 0.633. The number of aromatic amines is 1. The highest BCUT2D eigenvalue weighted by Crippen LogP contribution is 2.32. The van der Waals surface area contributed by atoms with Crippen LogP contribution in [0.4, 0.5) is 0 Å². The second kappa shape index (κ2) is 8.50. The number of carbonyl (C=O) groups is 2. The highest BCUT2D eigenvalue weighted by atomic mass is 32.1. The molecule has 2 amide bonds. The van der Waals surface area contributed by atoms with E-state index < -0.39 is 5.91 Å². The largest absolute Gasteiger partial charge is 0.497 e. The zero-order chi connectivity index (χ0) is 22.1. The van der Waals surface area contributed by atoms with E-state index in [4.69, 9.17) is 15.5 Å². The van der Waals surface area contributed by atoms with Crippen molar-refractivity contribution in [3.8, 4) is 17.0 Å². The van der Waals surface area contributed by atoms with E-state index in [0.717, 1.165) is 40.7 Å². The molecule has 1 aliphatic rings. The predicted molar refractivity (Wildman–Crippen MR) is 119 cm³/mol. The van der Waals surface area contributed by atoms with Crippen molar-refractivity contribution in [3.05, 3.63) is 51.4 Å². The number of aryl methyl sites for hydroxylation is 2. The van der Waals surface area contributed by atoms with Gasteiger partial charge in [0.05, 0.1) is 17.8 Å². The number of methoxy groups -OCH3 is 1. The molecule has 3 aromatic rings. The third kappa shape index (κ3) is 4.18. The minimum Gasteiger partial charge on any atom is -0.497 e. The van der Waals surface area contributed by atoms with Gasteiger partial charge >= 0.3 is 0 Å². The van der Waals surface area contributed by atoms with Crippen LogP contribution >= 0.6 is 11.3 Å². The molecule has 0 bridgehead atoms. The van der Waals surface area contributed by atoms with Crippen LogP contribution in [0.15, 0.2) is 24.3 Å². The standard InChI is InChI=1S/C22H25N5O3S/c1-12-19(31-13(2)24-12)22(29)27-10-8-15(9-11-27)21-25-17(18(26-21)20(23)28)14-4-6-16(30-3)7-5-14/h4-7,15H,8-11H2,1-3H3,(H2,23,28)(H,25,26). The van der Waals surface area contributed by atoms with Crippen molar-refractivity contribution in [1.29, 1.82) is 0 Å². The summed E-state index contributed by atoms with van der Waals surface area (Å²) in [6.45, 7) is 5.04. The number of ether oxygens (including phenoxy) is 1. The van der Waals surface area contributed by atoms with Crippen molar-refractivity contribution in [2.24, 2.45) is 5.73 Å². The van der Waals surface area contributed by atoms with Gasteiger partial charge in [-0.1, -0.05) is 0 Å². The van der Waals surface area contributed by atoms with Crippen LogP contribution in [-0.4, -0.2) is 51.9 Å². The summed E-state index contributed by atoms with van der Waals surface area (Å²) in [6, 6.07) is 7.35. The minimum atomic E-state index is -0.548. The number of thiazole rings is 1. The van der Waals surface area contributed by atoms with Crippen molar-refractivity contribution in [1.82, 2.24) is 19.9 Å². The summed E-state index contributed by atoms with van der Waals surface area (Å²) < 4.78 is 5.20. The maximum Gasteiger partial charge on any atom is 0.267 e. The molecule has 3 heterocycles. The molecule has 0 spiro atoms. The van der Waals surface area contributed by atoms with Crippen LogP contribution in [0.5, 0.6) is 5.75 Å². The van der Waals surface area contributed by atoms with Crippen LogP contribution in [-0.2, 0) is 0 Å². The van der Waals surface area contributed by atoms with E-state index in [-0.39, 0.29) is 11.8 Å². The Morgan fingerprint density at radius 1 is 1.16 bits per heavy atom. The van der Waals surface area contributed by atoms with E-state index in [1.54, 1.807) is 7.11 Å². The molecule has 0 aliphatic carbocycles. The van der Waals surface area contributed by atoms with Crippen LogP contribution in [0.25, 0.3) is 11.3 Å². The molecule has 0 atom stereocenters. The monoisotopic (exact) mass is 439 g/mol. The fraction of sp³-hybridized carbons (Fsp3) is 0.364. The molecule has 4 rings (SSSR count). The first-order valence-electron chi connectivity index (χ1n) is 10.1. The van der Waals surface area contributed by atoms with Crippen LogP contribution in [0, 0.1) is 13.8 Å². The number of H-pyrrole nitrogens is 1. The Morgan fingerprint density at radius 3 is 2.39 bits per heavy atom. The van der Waals surface area contributed by atoms with Gasteiger partial charge in [-0.05, 0) is 51.0 Å². The number of rotatable bonds is 5. The lowest BCUT2D eigenvalue weighted by molar-refractivity contribution is 0.0715. The number of amides is 2. The second-order valence-electron chi connectivity index (χ2n) is 7.65. The molecule has 9 heteroatoms. The number of primary amides is 1. The smallest absolute Gasteiger partial charge is 0.267 e. The highest BCUT2D eigenvalue weighted by Gasteiger charge is 2.29. The first-order chi connectivity index (χ1) is 14.9. The third-order valence-corrected chi connectivity index (χ3v) is 6.66. The van der Waals surface area contributed by atoms with Gasteiger partial charge in [0, 0.05) is 24.6 Å². The molecular formula is C22H25N5O3S. The van der Waals surface area contributed by atoms with Gasteiger partial charge in [0.1, 0.15) is 27.8 Å². The maximum atomic E-state index is 12.9. The van der Waals surface area contributed by atoms with E-state index in [0.29, 0.717) is 29.4 Å². The number of benzene rings is 1. The van der Waals surface area contributed by atoms with Gasteiger partial charge in [-0.2, -0.15) is 0 Å². The van der Waals surface area contributed by atoms with Gasteiger partial charge in [-0.3, -0.25) is 9.59 Å². The molecule has 0 radical (unpaired) electrons. The number of carbonyl (C=O) groups excluding carboxylic acids is 2. The Labute approximate surface area is 184 Å². The van der Waals surface area contributed by atoms with Crippen molar-refractivity contribution in [2.75, 3.05) is 20.2 Å². The number of hydrogen-bond acceptors (Lipinski definition) is 6. The van der Waals surface area contributed by atoms with Crippen molar-refractivity contribution >= 4 is 23.2 Å². The third-order valence-electron chi connectivity index (χ3n) is 5.60. The molecular weight excluding hydrogens is 414 g/mol. The molecule has 3 N–H and O–H groups in total. The highest BCUT2D eigenvalue weighted by molar-refractivity contribution is 7.13. The lowest BCUT2D eigenvalue weighted by Crippen LogP contribution is -2.38. The summed E-state index contributed by atoms with van der Waals surface area (Å²) in [5.41, 5.74) is 8.02. The lowest BCUT2D eigenvalue weighted by atomic mass is 9.96. The van der Waals surface area contributed by atoms with Gasteiger partial charge in [-0.25, -0.2) is 9.97 Å². The predicted octanol–water partition coefficient (Wildman–Crippen LogP) is 3.28. The van der Waals surface area contributed by atoms with E-state index >= 15 is 0 Å². The fourth-order valence-electron chi connectivity index (χ4n) is 3.95. The Bertz CT molecular complexity index is 1110. The summed E-state index contributed by atoms with van der Waals surface area (Å²) in [7, 11) is 1.60. The number of nitrogens with zero attached hydrogens (tertiary/aromatic N) is 3. The number of nitrogens with two attached hydrogens (primary N) is 1. The van der Waals surface area contributed by atoms with Crippen LogP contribution in [0.2, 0.25) is 0 Å². The normalized spacial score (nSPS) is 14.6. The van der Waals surface area contributed by atoms with E-state index in [1.807, 2.05) is 43.0 Å². The molecule has 0 unspecified atom stereocenters. The molecule has 2 aromatic heterocycles. The van der Waals surface area contributed by atoms with E-state index in [1.165, 1.54) is 11.3 Å². The van der Waals surface area contributed by atoms with Gasteiger partial charge < -0.3 is 20.4 Å². The Balaban J connectivity index is 1.51.